The monoisotopic (exact) mass is 285 g/mol. The zero-order chi connectivity index (χ0) is 14.7. The second kappa shape index (κ2) is 6.10. The smallest absolute Gasteiger partial charge is 0.234 e. The molecule has 1 N–H and O–H groups in total. The number of carbonyl (C=O) groups excluding carboxylic acids is 1. The summed E-state index contributed by atoms with van der Waals surface area (Å²) >= 11 is 0. The Labute approximate surface area is 124 Å². The second-order valence-corrected chi connectivity index (χ2v) is 5.50. The number of carbonyl (C=O) groups is 1. The zero-order valence-corrected chi connectivity index (χ0v) is 12.1. The van der Waals surface area contributed by atoms with E-state index in [2.05, 4.69) is 10.3 Å². The third kappa shape index (κ3) is 3.92. The molecule has 0 bridgehead atoms. The van der Waals surface area contributed by atoms with Crippen molar-refractivity contribution in [3.05, 3.63) is 42.4 Å². The molecule has 2 aromatic rings. The number of hydrogen-bond acceptors (Lipinski definition) is 4. The van der Waals surface area contributed by atoms with Crippen LogP contribution in [0, 0.1) is 0 Å². The first kappa shape index (κ1) is 13.8. The van der Waals surface area contributed by atoms with Gasteiger partial charge in [-0.25, -0.2) is 4.98 Å². The highest BCUT2D eigenvalue weighted by Crippen LogP contribution is 2.20. The number of amides is 1. The van der Waals surface area contributed by atoms with Crippen molar-refractivity contribution in [2.45, 2.75) is 25.4 Å². The lowest BCUT2D eigenvalue weighted by atomic mass is 10.2. The second-order valence-electron chi connectivity index (χ2n) is 5.50. The highest BCUT2D eigenvalue weighted by Gasteiger charge is 2.23. The van der Waals surface area contributed by atoms with Crippen molar-refractivity contribution in [3.8, 4) is 11.3 Å². The summed E-state index contributed by atoms with van der Waals surface area (Å²) in [5, 5.41) is 2.97. The van der Waals surface area contributed by atoms with E-state index < -0.39 is 0 Å². The molecule has 1 aliphatic rings. The molecule has 1 aliphatic carbocycles. The highest BCUT2D eigenvalue weighted by molar-refractivity contribution is 5.78. The van der Waals surface area contributed by atoms with E-state index in [0.717, 1.165) is 24.2 Å². The maximum Gasteiger partial charge on any atom is 0.234 e. The molecular formula is C16H19N3O2. The van der Waals surface area contributed by atoms with E-state index in [4.69, 9.17) is 4.42 Å². The van der Waals surface area contributed by atoms with Crippen molar-refractivity contribution in [3.63, 3.8) is 0 Å². The Morgan fingerprint density at radius 2 is 2.14 bits per heavy atom. The lowest BCUT2D eigenvalue weighted by Crippen LogP contribution is -2.35. The molecule has 1 amide bonds. The van der Waals surface area contributed by atoms with Gasteiger partial charge in [0.05, 0.1) is 19.3 Å². The number of aromatic nitrogens is 1. The molecule has 0 saturated heterocycles. The van der Waals surface area contributed by atoms with Crippen LogP contribution >= 0.6 is 0 Å². The van der Waals surface area contributed by atoms with Crippen LogP contribution in [0.2, 0.25) is 0 Å². The summed E-state index contributed by atoms with van der Waals surface area (Å²) in [6.45, 7) is 0.879. The number of oxazole rings is 1. The van der Waals surface area contributed by atoms with Gasteiger partial charge in [0, 0.05) is 11.6 Å². The summed E-state index contributed by atoms with van der Waals surface area (Å²) in [6, 6.07) is 10.3. The highest BCUT2D eigenvalue weighted by atomic mass is 16.4. The number of rotatable bonds is 6. The van der Waals surface area contributed by atoms with Gasteiger partial charge in [-0.05, 0) is 19.9 Å². The van der Waals surface area contributed by atoms with Crippen LogP contribution in [0.1, 0.15) is 18.7 Å². The van der Waals surface area contributed by atoms with Gasteiger partial charge < -0.3 is 9.73 Å². The van der Waals surface area contributed by atoms with Gasteiger partial charge in [-0.3, -0.25) is 9.69 Å². The van der Waals surface area contributed by atoms with Crippen molar-refractivity contribution >= 4 is 5.91 Å². The third-order valence-electron chi connectivity index (χ3n) is 3.37. The normalized spacial score (nSPS) is 14.4. The van der Waals surface area contributed by atoms with Crippen LogP contribution in [0.5, 0.6) is 0 Å². The largest absolute Gasteiger partial charge is 0.439 e. The molecule has 5 heteroatoms. The van der Waals surface area contributed by atoms with E-state index in [9.17, 15) is 4.79 Å². The van der Waals surface area contributed by atoms with E-state index in [-0.39, 0.29) is 5.91 Å². The Hall–Kier alpha value is -2.14. The molecule has 110 valence electrons. The fourth-order valence-corrected chi connectivity index (χ4v) is 2.15. The Kier molecular flexibility index (Phi) is 4.01. The summed E-state index contributed by atoms with van der Waals surface area (Å²) in [5.41, 5.74) is 1.00. The number of likely N-dealkylation sites (N-methyl/N-ethyl adjacent to an activating group) is 1. The van der Waals surface area contributed by atoms with Crippen LogP contribution in [0.25, 0.3) is 11.3 Å². The lowest BCUT2D eigenvalue weighted by molar-refractivity contribution is -0.122. The van der Waals surface area contributed by atoms with Gasteiger partial charge in [-0.1, -0.05) is 30.3 Å². The molecule has 5 nitrogen and oxygen atoms in total. The van der Waals surface area contributed by atoms with Gasteiger partial charge >= 0.3 is 0 Å². The fraction of sp³-hybridized carbons (Fsp3) is 0.375. The number of nitrogens with one attached hydrogen (secondary N) is 1. The zero-order valence-electron chi connectivity index (χ0n) is 12.1. The Morgan fingerprint density at radius 1 is 1.38 bits per heavy atom. The van der Waals surface area contributed by atoms with Crippen molar-refractivity contribution in [1.29, 1.82) is 0 Å². The molecule has 0 radical (unpaired) electrons. The summed E-state index contributed by atoms with van der Waals surface area (Å²) in [6.07, 6.45) is 3.94. The molecule has 1 aromatic heterocycles. The number of nitrogens with zero attached hydrogens (tertiary/aromatic N) is 2. The van der Waals surface area contributed by atoms with E-state index >= 15 is 0 Å². The quantitative estimate of drug-likeness (QED) is 0.882. The first-order chi connectivity index (χ1) is 10.2. The van der Waals surface area contributed by atoms with Crippen molar-refractivity contribution < 1.29 is 9.21 Å². The minimum Gasteiger partial charge on any atom is -0.439 e. The van der Waals surface area contributed by atoms with Gasteiger partial charge in [0.25, 0.3) is 0 Å². The minimum absolute atomic E-state index is 0.0647. The standard InChI is InChI=1S/C16H19N3O2/c1-19(10-15(20)18-13-7-8-13)11-16-17-9-14(21-16)12-5-3-2-4-6-12/h2-6,9,13H,7-8,10-11H2,1H3,(H,18,20). The summed E-state index contributed by atoms with van der Waals surface area (Å²) in [4.78, 5) is 17.9. The van der Waals surface area contributed by atoms with Crippen molar-refractivity contribution in [2.24, 2.45) is 0 Å². The Morgan fingerprint density at radius 3 is 2.86 bits per heavy atom. The molecule has 0 unspecified atom stereocenters. The van der Waals surface area contributed by atoms with E-state index in [1.165, 1.54) is 0 Å². The molecule has 0 aliphatic heterocycles. The first-order valence-electron chi connectivity index (χ1n) is 7.19. The predicted molar refractivity (Wildman–Crippen MR) is 79.4 cm³/mol. The van der Waals surface area contributed by atoms with Crippen LogP contribution in [-0.4, -0.2) is 35.4 Å². The van der Waals surface area contributed by atoms with Gasteiger partial charge in [0.2, 0.25) is 11.8 Å². The molecule has 1 aromatic carbocycles. The van der Waals surface area contributed by atoms with E-state index in [1.807, 2.05) is 42.3 Å². The average Bonchev–Trinajstić information content (AvgIpc) is 3.15. The van der Waals surface area contributed by atoms with Crippen LogP contribution in [0.4, 0.5) is 0 Å². The molecule has 1 fully saturated rings. The van der Waals surface area contributed by atoms with Gasteiger partial charge in [0.15, 0.2) is 5.76 Å². The summed E-state index contributed by atoms with van der Waals surface area (Å²) in [5.74, 6) is 1.44. The molecule has 0 spiro atoms. The molecule has 3 rings (SSSR count). The van der Waals surface area contributed by atoms with Gasteiger partial charge in [-0.2, -0.15) is 0 Å². The van der Waals surface area contributed by atoms with Crippen LogP contribution < -0.4 is 5.32 Å². The maximum atomic E-state index is 11.7. The van der Waals surface area contributed by atoms with Crippen LogP contribution in [-0.2, 0) is 11.3 Å². The van der Waals surface area contributed by atoms with E-state index in [0.29, 0.717) is 25.0 Å². The van der Waals surface area contributed by atoms with Gasteiger partial charge in [0.1, 0.15) is 0 Å². The Balaban J connectivity index is 1.55. The Bertz CT molecular complexity index is 605. The molecule has 0 atom stereocenters. The van der Waals surface area contributed by atoms with Crippen molar-refractivity contribution in [1.82, 2.24) is 15.2 Å². The fourth-order valence-electron chi connectivity index (χ4n) is 2.15. The minimum atomic E-state index is 0.0647. The topological polar surface area (TPSA) is 58.4 Å². The van der Waals surface area contributed by atoms with Crippen LogP contribution in [0.3, 0.4) is 0 Å². The third-order valence-corrected chi connectivity index (χ3v) is 3.37. The van der Waals surface area contributed by atoms with Crippen LogP contribution in [0.15, 0.2) is 40.9 Å². The molecular weight excluding hydrogens is 266 g/mol. The number of hydrogen-bond donors (Lipinski definition) is 1. The predicted octanol–water partition coefficient (Wildman–Crippen LogP) is 2.05. The van der Waals surface area contributed by atoms with Gasteiger partial charge in [-0.15, -0.1) is 0 Å². The SMILES string of the molecule is CN(CC(=O)NC1CC1)Cc1ncc(-c2ccccc2)o1. The lowest BCUT2D eigenvalue weighted by Gasteiger charge is -2.13. The number of benzene rings is 1. The summed E-state index contributed by atoms with van der Waals surface area (Å²) in [7, 11) is 1.89. The molecule has 1 heterocycles. The first-order valence-corrected chi connectivity index (χ1v) is 7.19. The summed E-state index contributed by atoms with van der Waals surface area (Å²) < 4.78 is 5.73. The maximum absolute atomic E-state index is 11.7. The van der Waals surface area contributed by atoms with E-state index in [1.54, 1.807) is 6.20 Å². The molecule has 1 saturated carbocycles. The van der Waals surface area contributed by atoms with Crippen molar-refractivity contribution in [2.75, 3.05) is 13.6 Å². The average molecular weight is 285 g/mol. The molecule has 21 heavy (non-hydrogen) atoms.